The van der Waals surface area contributed by atoms with Crippen LogP contribution in [0.2, 0.25) is 0 Å². The van der Waals surface area contributed by atoms with Crippen molar-refractivity contribution in [2.45, 2.75) is 25.8 Å². The number of rotatable bonds is 7. The zero-order chi connectivity index (χ0) is 20.1. The first kappa shape index (κ1) is 20.4. The van der Waals surface area contributed by atoms with Gasteiger partial charge in [0, 0.05) is 31.3 Å². The predicted molar refractivity (Wildman–Crippen MR) is 84.6 cm³/mol. The Morgan fingerprint density at radius 2 is 1.81 bits per heavy atom. The summed E-state index contributed by atoms with van der Waals surface area (Å²) in [6.07, 6.45) is -3.74. The van der Waals surface area contributed by atoms with E-state index in [2.05, 4.69) is 15.0 Å². The van der Waals surface area contributed by atoms with Crippen LogP contribution >= 0.6 is 0 Å². The second-order valence-electron chi connectivity index (χ2n) is 5.58. The van der Waals surface area contributed by atoms with Gasteiger partial charge in [0.15, 0.2) is 6.61 Å². The second kappa shape index (κ2) is 8.19. The first-order valence-electron chi connectivity index (χ1n) is 7.62. The van der Waals surface area contributed by atoms with Crippen molar-refractivity contribution in [3.05, 3.63) is 53.7 Å². The Morgan fingerprint density at radius 3 is 2.41 bits per heavy atom. The van der Waals surface area contributed by atoms with Gasteiger partial charge < -0.3 is 14.8 Å². The van der Waals surface area contributed by atoms with Crippen LogP contribution in [0.5, 0.6) is 11.6 Å². The molecule has 10 heteroatoms. The van der Waals surface area contributed by atoms with Gasteiger partial charge >= 0.3 is 6.36 Å². The summed E-state index contributed by atoms with van der Waals surface area (Å²) in [4.78, 5) is 15.8. The van der Waals surface area contributed by atoms with Crippen LogP contribution in [-0.2, 0) is 6.54 Å². The molecule has 1 aromatic carbocycles. The molecule has 0 saturated carbocycles. The number of para-hydroxylation sites is 1. The topological polar surface area (TPSA) is 60.5 Å². The molecule has 27 heavy (non-hydrogen) atoms. The molecule has 0 saturated heterocycles. The van der Waals surface area contributed by atoms with Gasteiger partial charge in [0.1, 0.15) is 5.75 Å². The smallest absolute Gasteiger partial charge is 0.471 e. The normalized spacial score (nSPS) is 11.8. The number of nitrogens with zero attached hydrogens (tertiary/aromatic N) is 1. The summed E-state index contributed by atoms with van der Waals surface area (Å²) in [6.45, 7) is -0.387. The molecule has 0 fully saturated rings. The van der Waals surface area contributed by atoms with Gasteiger partial charge in [-0.15, -0.1) is 13.2 Å². The third-order valence-corrected chi connectivity index (χ3v) is 3.11. The Balaban J connectivity index is 1.96. The van der Waals surface area contributed by atoms with Crippen LogP contribution in [0.4, 0.5) is 22.0 Å². The van der Waals surface area contributed by atoms with Crippen molar-refractivity contribution in [1.82, 2.24) is 10.3 Å². The van der Waals surface area contributed by atoms with Crippen molar-refractivity contribution in [1.29, 1.82) is 0 Å². The molecule has 5 nitrogen and oxygen atoms in total. The monoisotopic (exact) mass is 390 g/mol. The lowest BCUT2D eigenvalue weighted by atomic mass is 10.2. The number of hydrogen-bond acceptors (Lipinski definition) is 4. The molecular formula is C17H15F5N2O3. The quantitative estimate of drug-likeness (QED) is 0.728. The second-order valence-corrected chi connectivity index (χ2v) is 5.58. The van der Waals surface area contributed by atoms with Crippen molar-refractivity contribution in [2.24, 2.45) is 0 Å². The Labute approximate surface area is 151 Å². The number of nitrogens with one attached hydrogen (secondary N) is 1. The third kappa shape index (κ3) is 7.08. The number of halogens is 5. The first-order chi connectivity index (χ1) is 12.5. The minimum Gasteiger partial charge on any atom is -0.471 e. The minimum atomic E-state index is -4.85. The predicted octanol–water partition coefficient (Wildman–Crippen LogP) is 3.94. The molecule has 1 aromatic heterocycles. The maximum Gasteiger partial charge on any atom is 0.573 e. The zero-order valence-electron chi connectivity index (χ0n) is 14.0. The fraction of sp³-hybridized carbons (Fsp3) is 0.294. The molecule has 2 aromatic rings. The number of hydrogen-bond donors (Lipinski definition) is 1. The van der Waals surface area contributed by atoms with Crippen LogP contribution in [0.15, 0.2) is 42.6 Å². The fourth-order valence-electron chi connectivity index (χ4n) is 1.95. The van der Waals surface area contributed by atoms with E-state index in [9.17, 15) is 26.7 Å². The van der Waals surface area contributed by atoms with Crippen molar-refractivity contribution < 1.29 is 36.2 Å². The number of aromatic nitrogens is 1. The molecule has 146 valence electrons. The molecule has 0 spiro atoms. The fourth-order valence-corrected chi connectivity index (χ4v) is 1.95. The van der Waals surface area contributed by atoms with Crippen LogP contribution in [0.1, 0.15) is 22.8 Å². The minimum absolute atomic E-state index is 0.0832. The third-order valence-electron chi connectivity index (χ3n) is 3.11. The number of alkyl halides is 5. The highest BCUT2D eigenvalue weighted by Gasteiger charge is 2.32. The highest BCUT2D eigenvalue weighted by atomic mass is 19.4. The summed E-state index contributed by atoms with van der Waals surface area (Å²) in [5, 5.41) is 2.43. The van der Waals surface area contributed by atoms with E-state index in [4.69, 9.17) is 4.74 Å². The molecule has 0 aliphatic carbocycles. The van der Waals surface area contributed by atoms with Crippen LogP contribution < -0.4 is 14.8 Å². The van der Waals surface area contributed by atoms with Crippen molar-refractivity contribution >= 4 is 5.91 Å². The lowest BCUT2D eigenvalue weighted by Crippen LogP contribution is -2.24. The van der Waals surface area contributed by atoms with E-state index < -0.39 is 30.5 Å². The summed E-state index contributed by atoms with van der Waals surface area (Å²) >= 11 is 0. The largest absolute Gasteiger partial charge is 0.573 e. The highest BCUT2D eigenvalue weighted by molar-refractivity contribution is 5.93. The Bertz CT molecular complexity index is 773. The molecule has 1 heterocycles. The maximum atomic E-state index is 12.7. The Morgan fingerprint density at radius 1 is 1.11 bits per heavy atom. The van der Waals surface area contributed by atoms with Crippen molar-refractivity contribution in [3.63, 3.8) is 0 Å². The number of carbonyl (C=O) groups excluding carboxylic acids is 1. The summed E-state index contributed by atoms with van der Waals surface area (Å²) in [7, 11) is 0. The van der Waals surface area contributed by atoms with Crippen molar-refractivity contribution in [3.8, 4) is 11.6 Å². The van der Waals surface area contributed by atoms with Gasteiger partial charge in [-0.05, 0) is 12.1 Å². The van der Waals surface area contributed by atoms with E-state index in [-0.39, 0.29) is 23.6 Å². The van der Waals surface area contributed by atoms with Crippen LogP contribution in [0, 0.1) is 0 Å². The standard InChI is InChI=1S/C17H15F5N2O3/c1-16(18,19)10-26-14-7-6-12(9-23-14)15(25)24-8-11-4-2-3-5-13(11)27-17(20,21)22/h2-7,9H,8,10H2,1H3,(H,24,25). The van der Waals surface area contributed by atoms with E-state index in [1.54, 1.807) is 0 Å². The maximum absolute atomic E-state index is 12.7. The van der Waals surface area contributed by atoms with Crippen LogP contribution in [-0.4, -0.2) is 29.8 Å². The van der Waals surface area contributed by atoms with E-state index in [1.165, 1.54) is 30.3 Å². The van der Waals surface area contributed by atoms with Gasteiger partial charge in [-0.25, -0.2) is 13.8 Å². The molecule has 0 aliphatic heterocycles. The average molecular weight is 390 g/mol. The average Bonchev–Trinajstić information content (AvgIpc) is 2.57. The number of pyridine rings is 1. The zero-order valence-corrected chi connectivity index (χ0v) is 14.0. The summed E-state index contributed by atoms with van der Waals surface area (Å²) in [5.74, 6) is -4.15. The van der Waals surface area contributed by atoms with E-state index in [1.807, 2.05) is 0 Å². The molecule has 1 amide bonds. The number of benzene rings is 1. The molecular weight excluding hydrogens is 375 g/mol. The molecule has 2 rings (SSSR count). The number of carbonyl (C=O) groups is 1. The van der Waals surface area contributed by atoms with E-state index >= 15 is 0 Å². The summed E-state index contributed by atoms with van der Waals surface area (Å²) in [5.41, 5.74) is 0.209. The van der Waals surface area contributed by atoms with Gasteiger partial charge in [-0.1, -0.05) is 18.2 Å². The molecule has 0 unspecified atom stereocenters. The van der Waals surface area contributed by atoms with Gasteiger partial charge in [-0.3, -0.25) is 4.79 Å². The molecule has 0 atom stereocenters. The first-order valence-corrected chi connectivity index (χ1v) is 7.62. The van der Waals surface area contributed by atoms with Gasteiger partial charge in [0.25, 0.3) is 11.8 Å². The van der Waals surface area contributed by atoms with Crippen LogP contribution in [0.3, 0.4) is 0 Å². The lowest BCUT2D eigenvalue weighted by molar-refractivity contribution is -0.274. The molecule has 0 radical (unpaired) electrons. The van der Waals surface area contributed by atoms with Gasteiger partial charge in [-0.2, -0.15) is 0 Å². The number of ether oxygens (including phenoxy) is 2. The summed E-state index contributed by atoms with van der Waals surface area (Å²) < 4.78 is 71.3. The molecule has 1 N–H and O–H groups in total. The molecule has 0 bridgehead atoms. The Kier molecular flexibility index (Phi) is 6.19. The van der Waals surface area contributed by atoms with Gasteiger partial charge in [0.05, 0.1) is 5.56 Å². The Hall–Kier alpha value is -2.91. The van der Waals surface area contributed by atoms with E-state index in [0.29, 0.717) is 6.92 Å². The highest BCUT2D eigenvalue weighted by Crippen LogP contribution is 2.26. The lowest BCUT2D eigenvalue weighted by Gasteiger charge is -2.14. The van der Waals surface area contributed by atoms with Gasteiger partial charge in [0.2, 0.25) is 5.88 Å². The van der Waals surface area contributed by atoms with E-state index in [0.717, 1.165) is 12.3 Å². The van der Waals surface area contributed by atoms with Crippen LogP contribution in [0.25, 0.3) is 0 Å². The molecule has 0 aliphatic rings. The van der Waals surface area contributed by atoms with Crippen molar-refractivity contribution in [2.75, 3.05) is 6.61 Å². The SMILES string of the molecule is CC(F)(F)COc1ccc(C(=O)NCc2ccccc2OC(F)(F)F)cn1. The summed E-state index contributed by atoms with van der Waals surface area (Å²) in [6, 6.07) is 7.91. The number of amides is 1.